The molecule has 94 valence electrons. The molecule has 2 rings (SSSR count). The maximum absolute atomic E-state index is 11.6. The third-order valence-electron chi connectivity index (χ3n) is 2.99. The van der Waals surface area contributed by atoms with Crippen LogP contribution in [0.1, 0.15) is 35.5 Å². The van der Waals surface area contributed by atoms with Crippen molar-refractivity contribution < 1.29 is 9.32 Å². The Kier molecular flexibility index (Phi) is 4.14. The Hall–Kier alpha value is -1.36. The van der Waals surface area contributed by atoms with Crippen LogP contribution in [-0.4, -0.2) is 42.1 Å². The first-order valence-corrected chi connectivity index (χ1v) is 6.19. The van der Waals surface area contributed by atoms with Gasteiger partial charge in [-0.05, 0) is 45.8 Å². The van der Waals surface area contributed by atoms with Crippen molar-refractivity contribution in [2.45, 2.75) is 26.2 Å². The third kappa shape index (κ3) is 3.56. The van der Waals surface area contributed by atoms with Crippen LogP contribution in [0.25, 0.3) is 0 Å². The molecule has 1 aromatic heterocycles. The predicted octanol–water partition coefficient (Wildman–Crippen LogP) is 1.20. The molecule has 0 atom stereocenters. The SMILES string of the molecule is Cc1cc(C(=O)NCCCN2CCCC2)on1. The first-order chi connectivity index (χ1) is 8.25. The van der Waals surface area contributed by atoms with Gasteiger partial charge in [0, 0.05) is 12.6 Å². The molecule has 1 aliphatic rings. The van der Waals surface area contributed by atoms with E-state index in [1.165, 1.54) is 25.9 Å². The van der Waals surface area contributed by atoms with Crippen molar-refractivity contribution in [2.24, 2.45) is 0 Å². The van der Waals surface area contributed by atoms with Gasteiger partial charge >= 0.3 is 0 Å². The highest BCUT2D eigenvalue weighted by atomic mass is 16.5. The second-order valence-electron chi connectivity index (χ2n) is 4.49. The van der Waals surface area contributed by atoms with Crippen molar-refractivity contribution >= 4 is 5.91 Å². The van der Waals surface area contributed by atoms with Crippen LogP contribution in [0.3, 0.4) is 0 Å². The van der Waals surface area contributed by atoms with Gasteiger partial charge in [-0.15, -0.1) is 0 Å². The van der Waals surface area contributed by atoms with E-state index in [0.717, 1.165) is 18.7 Å². The van der Waals surface area contributed by atoms with Gasteiger partial charge in [-0.1, -0.05) is 5.16 Å². The van der Waals surface area contributed by atoms with E-state index in [0.29, 0.717) is 12.3 Å². The number of nitrogens with one attached hydrogen (secondary N) is 1. The summed E-state index contributed by atoms with van der Waals surface area (Å²) in [5, 5.41) is 6.52. The number of aromatic nitrogens is 1. The molecule has 17 heavy (non-hydrogen) atoms. The molecule has 0 radical (unpaired) electrons. The largest absolute Gasteiger partial charge is 0.351 e. The van der Waals surface area contributed by atoms with E-state index in [-0.39, 0.29) is 5.91 Å². The molecule has 5 nitrogen and oxygen atoms in total. The second-order valence-corrected chi connectivity index (χ2v) is 4.49. The number of rotatable bonds is 5. The van der Waals surface area contributed by atoms with Crippen LogP contribution in [0.15, 0.2) is 10.6 Å². The Balaban J connectivity index is 1.63. The molecule has 1 saturated heterocycles. The van der Waals surface area contributed by atoms with Crippen molar-refractivity contribution in [3.63, 3.8) is 0 Å². The maximum atomic E-state index is 11.6. The fourth-order valence-electron chi connectivity index (χ4n) is 2.07. The van der Waals surface area contributed by atoms with Gasteiger partial charge in [0.05, 0.1) is 5.69 Å². The highest BCUT2D eigenvalue weighted by Gasteiger charge is 2.12. The summed E-state index contributed by atoms with van der Waals surface area (Å²) in [6, 6.07) is 1.65. The minimum atomic E-state index is -0.174. The quantitative estimate of drug-likeness (QED) is 0.782. The third-order valence-corrected chi connectivity index (χ3v) is 2.99. The standard InChI is InChI=1S/C12H19N3O2/c1-10-9-11(17-14-10)12(16)13-5-4-8-15-6-2-3-7-15/h9H,2-8H2,1H3,(H,13,16). The first kappa shape index (κ1) is 12.1. The van der Waals surface area contributed by atoms with Gasteiger partial charge in [0.1, 0.15) is 0 Å². The van der Waals surface area contributed by atoms with E-state index in [4.69, 9.17) is 4.52 Å². The van der Waals surface area contributed by atoms with Gasteiger partial charge in [0.15, 0.2) is 0 Å². The smallest absolute Gasteiger partial charge is 0.289 e. The fraction of sp³-hybridized carbons (Fsp3) is 0.667. The molecule has 1 fully saturated rings. The molecule has 1 amide bonds. The number of hydrogen-bond acceptors (Lipinski definition) is 4. The van der Waals surface area contributed by atoms with Gasteiger partial charge in [0.25, 0.3) is 5.91 Å². The predicted molar refractivity (Wildman–Crippen MR) is 63.9 cm³/mol. The summed E-state index contributed by atoms with van der Waals surface area (Å²) in [5.41, 5.74) is 0.729. The lowest BCUT2D eigenvalue weighted by Gasteiger charge is -2.13. The molecule has 0 aromatic carbocycles. The average molecular weight is 237 g/mol. The highest BCUT2D eigenvalue weighted by molar-refractivity contribution is 5.91. The number of carbonyl (C=O) groups excluding carboxylic acids is 1. The molecule has 0 aliphatic carbocycles. The molecule has 1 aliphatic heterocycles. The van der Waals surface area contributed by atoms with Crippen LogP contribution in [0.4, 0.5) is 0 Å². The summed E-state index contributed by atoms with van der Waals surface area (Å²) in [6.07, 6.45) is 3.60. The van der Waals surface area contributed by atoms with Crippen LogP contribution in [0.5, 0.6) is 0 Å². The molecule has 0 bridgehead atoms. The number of amides is 1. The van der Waals surface area contributed by atoms with Gasteiger partial charge in [0.2, 0.25) is 5.76 Å². The van der Waals surface area contributed by atoms with Gasteiger partial charge in [-0.25, -0.2) is 0 Å². The molecule has 5 heteroatoms. The van der Waals surface area contributed by atoms with Crippen LogP contribution >= 0.6 is 0 Å². The monoisotopic (exact) mass is 237 g/mol. The molecular formula is C12H19N3O2. The number of aryl methyl sites for hydroxylation is 1. The maximum Gasteiger partial charge on any atom is 0.289 e. The van der Waals surface area contributed by atoms with Gasteiger partial charge in [-0.2, -0.15) is 0 Å². The van der Waals surface area contributed by atoms with Crippen molar-refractivity contribution in [2.75, 3.05) is 26.2 Å². The van der Waals surface area contributed by atoms with Crippen molar-refractivity contribution in [3.05, 3.63) is 17.5 Å². The van der Waals surface area contributed by atoms with E-state index < -0.39 is 0 Å². The van der Waals surface area contributed by atoms with Crippen LogP contribution in [0.2, 0.25) is 0 Å². The van der Waals surface area contributed by atoms with Crippen molar-refractivity contribution in [3.8, 4) is 0 Å². The van der Waals surface area contributed by atoms with Crippen LogP contribution in [0, 0.1) is 6.92 Å². The number of hydrogen-bond donors (Lipinski definition) is 1. The van der Waals surface area contributed by atoms with E-state index in [9.17, 15) is 4.79 Å². The molecule has 0 saturated carbocycles. The van der Waals surface area contributed by atoms with E-state index >= 15 is 0 Å². The molecule has 1 N–H and O–H groups in total. The van der Waals surface area contributed by atoms with Crippen molar-refractivity contribution in [1.29, 1.82) is 0 Å². The van der Waals surface area contributed by atoms with Gasteiger partial charge < -0.3 is 14.7 Å². The highest BCUT2D eigenvalue weighted by Crippen LogP contribution is 2.07. The lowest BCUT2D eigenvalue weighted by atomic mass is 10.3. The molecule has 2 heterocycles. The van der Waals surface area contributed by atoms with Crippen LogP contribution in [-0.2, 0) is 0 Å². The minimum Gasteiger partial charge on any atom is -0.351 e. The Morgan fingerprint density at radius 2 is 2.29 bits per heavy atom. The fourth-order valence-corrected chi connectivity index (χ4v) is 2.07. The van der Waals surface area contributed by atoms with E-state index in [1.54, 1.807) is 13.0 Å². The summed E-state index contributed by atoms with van der Waals surface area (Å²) >= 11 is 0. The van der Waals surface area contributed by atoms with E-state index in [1.807, 2.05) is 0 Å². The minimum absolute atomic E-state index is 0.174. The lowest BCUT2D eigenvalue weighted by molar-refractivity contribution is 0.0915. The van der Waals surface area contributed by atoms with Crippen LogP contribution < -0.4 is 5.32 Å². The Bertz CT molecular complexity index is 370. The zero-order valence-electron chi connectivity index (χ0n) is 10.2. The number of likely N-dealkylation sites (tertiary alicyclic amines) is 1. The Morgan fingerprint density at radius 3 is 2.94 bits per heavy atom. The zero-order chi connectivity index (χ0) is 12.1. The average Bonchev–Trinajstić information content (AvgIpc) is 2.95. The summed E-state index contributed by atoms with van der Waals surface area (Å²) in [5.74, 6) is 0.121. The zero-order valence-corrected chi connectivity index (χ0v) is 10.2. The lowest BCUT2D eigenvalue weighted by Crippen LogP contribution is -2.28. The van der Waals surface area contributed by atoms with E-state index in [2.05, 4.69) is 15.4 Å². The first-order valence-electron chi connectivity index (χ1n) is 6.19. The number of nitrogens with zero attached hydrogens (tertiary/aromatic N) is 2. The van der Waals surface area contributed by atoms with Gasteiger partial charge in [-0.3, -0.25) is 4.79 Å². The number of carbonyl (C=O) groups is 1. The second kappa shape index (κ2) is 5.82. The normalized spacial score (nSPS) is 16.3. The molecular weight excluding hydrogens is 218 g/mol. The topological polar surface area (TPSA) is 58.4 Å². The van der Waals surface area contributed by atoms with Crippen molar-refractivity contribution in [1.82, 2.24) is 15.4 Å². The Morgan fingerprint density at radius 1 is 1.53 bits per heavy atom. The molecule has 0 spiro atoms. The molecule has 0 unspecified atom stereocenters. The summed E-state index contributed by atoms with van der Waals surface area (Å²) in [7, 11) is 0. The Labute approximate surface area is 101 Å². The molecule has 1 aromatic rings. The summed E-state index contributed by atoms with van der Waals surface area (Å²) in [4.78, 5) is 14.0. The summed E-state index contributed by atoms with van der Waals surface area (Å²) < 4.78 is 4.88. The summed E-state index contributed by atoms with van der Waals surface area (Å²) in [6.45, 7) is 5.96.